The quantitative estimate of drug-likeness (QED) is 0.602. The zero-order valence-electron chi connectivity index (χ0n) is 13.6. The zero-order valence-corrected chi connectivity index (χ0v) is 15.1. The van der Waals surface area contributed by atoms with E-state index < -0.39 is 5.57 Å². The highest BCUT2D eigenvalue weighted by Gasteiger charge is 2.27. The minimum atomic E-state index is -3.80. The van der Waals surface area contributed by atoms with Crippen LogP contribution in [0.1, 0.15) is 10.4 Å². The molecule has 0 spiro atoms. The average molecular weight is 413 g/mol. The summed E-state index contributed by atoms with van der Waals surface area (Å²) in [5, 5.41) is 7.03. The molecule has 10 heteroatoms. The largest absolute Gasteiger partial charge is 0.487 e. The van der Waals surface area contributed by atoms with Crippen molar-refractivity contribution in [3.63, 3.8) is 0 Å². The number of nitrogens with one attached hydrogen (secondary N) is 1. The second-order valence-corrected chi connectivity index (χ2v) is 6.00. The molecular weight excluding hydrogens is 401 g/mol. The summed E-state index contributed by atoms with van der Waals surface area (Å²) in [4.78, 5) is 16.3. The smallest absolute Gasteiger partial charge is 0.420 e. The molecule has 0 radical (unpaired) electrons. The third-order valence-corrected chi connectivity index (χ3v) is 3.74. The second-order valence-electron chi connectivity index (χ2n) is 5.32. The number of nitrogens with zero attached hydrogens (tertiary/aromatic N) is 3. The Bertz CT molecular complexity index is 928. The number of alkyl halides is 4. The predicted molar refractivity (Wildman–Crippen MR) is 97.1 cm³/mol. The van der Waals surface area contributed by atoms with Crippen LogP contribution >= 0.6 is 23.2 Å². The van der Waals surface area contributed by atoms with Crippen molar-refractivity contribution < 1.29 is 18.3 Å². The van der Waals surface area contributed by atoms with Crippen LogP contribution in [0.15, 0.2) is 55.0 Å². The maximum absolute atomic E-state index is 12.7. The van der Waals surface area contributed by atoms with E-state index in [1.54, 1.807) is 24.5 Å². The molecule has 0 atom stereocenters. The van der Waals surface area contributed by atoms with Gasteiger partial charge < -0.3 is 10.1 Å². The van der Waals surface area contributed by atoms with Gasteiger partial charge in [0.05, 0.1) is 17.4 Å². The van der Waals surface area contributed by atoms with Crippen molar-refractivity contribution in [1.29, 1.82) is 0 Å². The van der Waals surface area contributed by atoms with Crippen LogP contribution in [-0.4, -0.2) is 26.2 Å². The Morgan fingerprint density at radius 1 is 1.26 bits per heavy atom. The van der Waals surface area contributed by atoms with E-state index in [1.165, 1.54) is 35.1 Å². The van der Waals surface area contributed by atoms with Crippen molar-refractivity contribution >= 4 is 34.8 Å². The van der Waals surface area contributed by atoms with Gasteiger partial charge in [0.15, 0.2) is 0 Å². The lowest BCUT2D eigenvalue weighted by Crippen LogP contribution is -2.15. The molecule has 0 aliphatic rings. The Morgan fingerprint density at radius 3 is 2.59 bits per heavy atom. The number of aromatic nitrogens is 3. The Kier molecular flexibility index (Phi) is 5.57. The molecule has 2 aromatic heterocycles. The first kappa shape index (κ1) is 19.1. The highest BCUT2D eigenvalue weighted by molar-refractivity contribution is 6.20. The zero-order chi connectivity index (χ0) is 19.4. The van der Waals surface area contributed by atoms with Crippen LogP contribution in [0.3, 0.4) is 0 Å². The van der Waals surface area contributed by atoms with Crippen LogP contribution in [-0.2, 0) is 6.00 Å². The number of ether oxygens (including phenoxy) is 1. The first-order valence-electron chi connectivity index (χ1n) is 7.57. The van der Waals surface area contributed by atoms with Gasteiger partial charge in [0.25, 0.3) is 5.91 Å². The number of hydrogen-bond donors (Lipinski definition) is 1. The van der Waals surface area contributed by atoms with E-state index in [0.29, 0.717) is 22.5 Å². The topological polar surface area (TPSA) is 69.0 Å². The van der Waals surface area contributed by atoms with Gasteiger partial charge in [-0.15, -0.1) is 20.4 Å². The molecule has 2 heterocycles. The molecule has 3 aromatic rings. The molecular formula is C17H12Cl2F2N4O2. The molecule has 0 saturated heterocycles. The summed E-state index contributed by atoms with van der Waals surface area (Å²) in [6.45, 7) is 0. The van der Waals surface area contributed by atoms with Crippen LogP contribution < -0.4 is 10.1 Å². The van der Waals surface area contributed by atoms with E-state index in [4.69, 9.17) is 23.2 Å². The summed E-state index contributed by atoms with van der Waals surface area (Å²) in [5.41, 5.74) is -2.05. The molecule has 0 fully saturated rings. The molecule has 1 aromatic carbocycles. The Balaban J connectivity index is 1.87. The summed E-state index contributed by atoms with van der Waals surface area (Å²) in [5.74, 6) is -0.489. The number of amides is 1. The highest BCUT2D eigenvalue weighted by Crippen LogP contribution is 2.31. The van der Waals surface area contributed by atoms with Gasteiger partial charge in [0.1, 0.15) is 17.4 Å². The molecule has 0 aliphatic heterocycles. The number of anilines is 1. The van der Waals surface area contributed by atoms with E-state index in [1.807, 2.05) is 0 Å². The fourth-order valence-corrected chi connectivity index (χ4v) is 2.50. The SMILES string of the molecule is O=C(Nc1cn(CCl)nc1-c1ccc(OC(F)(F)Cl)cc1)c1cccnc1. The van der Waals surface area contributed by atoms with E-state index >= 15 is 0 Å². The molecule has 0 saturated carbocycles. The Hall–Kier alpha value is -2.71. The molecule has 3 rings (SSSR count). The summed E-state index contributed by atoms with van der Waals surface area (Å²) >= 11 is 10.6. The first-order chi connectivity index (χ1) is 12.9. The normalized spacial score (nSPS) is 11.3. The minimum absolute atomic E-state index is 0.0649. The van der Waals surface area contributed by atoms with Crippen molar-refractivity contribution in [2.24, 2.45) is 0 Å². The van der Waals surface area contributed by atoms with E-state index in [2.05, 4.69) is 20.1 Å². The molecule has 0 bridgehead atoms. The predicted octanol–water partition coefficient (Wildman–Crippen LogP) is 4.56. The van der Waals surface area contributed by atoms with Crippen LogP contribution in [0.4, 0.5) is 14.5 Å². The molecule has 27 heavy (non-hydrogen) atoms. The van der Waals surface area contributed by atoms with Crippen molar-refractivity contribution in [2.75, 3.05) is 5.32 Å². The average Bonchev–Trinajstić information content (AvgIpc) is 3.04. The molecule has 6 nitrogen and oxygen atoms in total. The van der Waals surface area contributed by atoms with Gasteiger partial charge in [-0.3, -0.25) is 14.5 Å². The minimum Gasteiger partial charge on any atom is -0.420 e. The summed E-state index contributed by atoms with van der Waals surface area (Å²) < 4.78 is 31.1. The van der Waals surface area contributed by atoms with Crippen LogP contribution in [0.2, 0.25) is 0 Å². The van der Waals surface area contributed by atoms with Crippen LogP contribution in [0, 0.1) is 0 Å². The third-order valence-electron chi connectivity index (χ3n) is 3.42. The van der Waals surface area contributed by atoms with Crippen molar-refractivity contribution in [2.45, 2.75) is 11.6 Å². The molecule has 0 unspecified atom stereocenters. The summed E-state index contributed by atoms with van der Waals surface area (Å²) in [6, 6.07) is 8.98. The van der Waals surface area contributed by atoms with E-state index in [-0.39, 0.29) is 17.7 Å². The second kappa shape index (κ2) is 7.89. The summed E-state index contributed by atoms with van der Waals surface area (Å²) in [7, 11) is 0. The van der Waals surface area contributed by atoms with Gasteiger partial charge >= 0.3 is 5.57 Å². The van der Waals surface area contributed by atoms with Gasteiger partial charge in [0.2, 0.25) is 0 Å². The maximum atomic E-state index is 12.7. The lowest BCUT2D eigenvalue weighted by Gasteiger charge is -2.11. The Morgan fingerprint density at radius 2 is 2.00 bits per heavy atom. The van der Waals surface area contributed by atoms with Gasteiger partial charge in [0, 0.05) is 29.6 Å². The lowest BCUT2D eigenvalue weighted by atomic mass is 10.1. The monoisotopic (exact) mass is 412 g/mol. The summed E-state index contributed by atoms with van der Waals surface area (Å²) in [6.07, 6.45) is 4.55. The molecule has 140 valence electrons. The number of carbonyl (C=O) groups excluding carboxylic acids is 1. The fraction of sp³-hybridized carbons (Fsp3) is 0.118. The highest BCUT2D eigenvalue weighted by atomic mass is 35.5. The van der Waals surface area contributed by atoms with E-state index in [0.717, 1.165) is 0 Å². The molecule has 1 N–H and O–H groups in total. The van der Waals surface area contributed by atoms with Gasteiger partial charge in [-0.1, -0.05) is 0 Å². The number of rotatable bonds is 6. The molecule has 1 amide bonds. The van der Waals surface area contributed by atoms with Crippen molar-refractivity contribution in [1.82, 2.24) is 14.8 Å². The number of carbonyl (C=O) groups is 1. The van der Waals surface area contributed by atoms with Crippen LogP contribution in [0.5, 0.6) is 5.75 Å². The van der Waals surface area contributed by atoms with Crippen molar-refractivity contribution in [3.8, 4) is 17.0 Å². The lowest BCUT2D eigenvalue weighted by molar-refractivity contribution is -0.0964. The van der Waals surface area contributed by atoms with Gasteiger partial charge in [-0.2, -0.15) is 5.10 Å². The van der Waals surface area contributed by atoms with Crippen LogP contribution in [0.25, 0.3) is 11.3 Å². The Labute approximate surface area is 162 Å². The first-order valence-corrected chi connectivity index (χ1v) is 8.48. The fourth-order valence-electron chi connectivity index (χ4n) is 2.29. The standard InChI is InChI=1S/C17H12Cl2F2N4O2/c18-10-25-9-14(23-16(26)12-2-1-7-22-8-12)15(24-25)11-3-5-13(6-4-11)27-17(19,20)21/h1-9H,10H2,(H,23,26). The third kappa shape index (κ3) is 4.93. The number of halogens is 4. The number of benzene rings is 1. The maximum Gasteiger partial charge on any atom is 0.487 e. The van der Waals surface area contributed by atoms with Gasteiger partial charge in [-0.05, 0) is 36.4 Å². The van der Waals surface area contributed by atoms with E-state index in [9.17, 15) is 13.6 Å². The number of hydrogen-bond acceptors (Lipinski definition) is 4. The van der Waals surface area contributed by atoms with Gasteiger partial charge in [-0.25, -0.2) is 0 Å². The number of pyridine rings is 1. The van der Waals surface area contributed by atoms with Crippen molar-refractivity contribution in [3.05, 3.63) is 60.6 Å². The molecule has 0 aliphatic carbocycles.